The molecule has 30 heavy (non-hydrogen) atoms. The van der Waals surface area contributed by atoms with Crippen LogP contribution in [0.2, 0.25) is 0 Å². The number of nitrogens with zero attached hydrogens (tertiary/aromatic N) is 1. The van der Waals surface area contributed by atoms with Gasteiger partial charge in [-0.25, -0.2) is 0 Å². The first kappa shape index (κ1) is 19.1. The molecule has 0 aromatic heterocycles. The summed E-state index contributed by atoms with van der Waals surface area (Å²) in [6.45, 7) is 4.93. The number of carbonyl (C=O) groups excluding carboxylic acids is 1. The molecule has 4 heteroatoms. The van der Waals surface area contributed by atoms with E-state index in [4.69, 9.17) is 4.74 Å². The fourth-order valence-electron chi connectivity index (χ4n) is 4.90. The van der Waals surface area contributed by atoms with Crippen LogP contribution in [0.4, 0.5) is 0 Å². The van der Waals surface area contributed by atoms with Gasteiger partial charge in [0.05, 0.1) is 0 Å². The summed E-state index contributed by atoms with van der Waals surface area (Å²) >= 11 is 0. The minimum absolute atomic E-state index is 0.0903. The molecule has 2 aliphatic rings. The van der Waals surface area contributed by atoms with Crippen LogP contribution in [0.5, 0.6) is 11.5 Å². The van der Waals surface area contributed by atoms with Crippen molar-refractivity contribution < 1.29 is 14.6 Å². The van der Waals surface area contributed by atoms with E-state index in [1.807, 2.05) is 42.5 Å². The third kappa shape index (κ3) is 2.82. The Morgan fingerprint density at radius 1 is 0.967 bits per heavy atom. The molecule has 0 aliphatic carbocycles. The second kappa shape index (κ2) is 7.44. The van der Waals surface area contributed by atoms with Crippen LogP contribution in [0.25, 0.3) is 21.9 Å². The van der Waals surface area contributed by atoms with Crippen molar-refractivity contribution in [3.8, 4) is 22.6 Å². The smallest absolute Gasteiger partial charge is 0.256 e. The molecule has 1 N–H and O–H groups in total. The Morgan fingerprint density at radius 2 is 1.77 bits per heavy atom. The monoisotopic (exact) mass is 401 g/mol. The molecule has 0 bridgehead atoms. The van der Waals surface area contributed by atoms with Crippen LogP contribution < -0.4 is 4.74 Å². The summed E-state index contributed by atoms with van der Waals surface area (Å²) < 4.78 is 6.15. The largest absolute Gasteiger partial charge is 0.456 e. The van der Waals surface area contributed by atoms with Crippen LogP contribution in [-0.4, -0.2) is 22.5 Å². The first-order valence-electron chi connectivity index (χ1n) is 11.0. The van der Waals surface area contributed by atoms with E-state index in [0.717, 1.165) is 64.6 Å². The Kier molecular flexibility index (Phi) is 4.75. The topological polar surface area (TPSA) is 49.8 Å². The van der Waals surface area contributed by atoms with E-state index in [1.54, 1.807) is 4.90 Å². The fraction of sp³-hybridized carbons (Fsp3) is 0.346. The lowest BCUT2D eigenvalue weighted by Gasteiger charge is -2.37. The number of hydrogen-bond donors (Lipinski definition) is 1. The van der Waals surface area contributed by atoms with Gasteiger partial charge in [0.15, 0.2) is 6.23 Å². The number of amides is 1. The first-order chi connectivity index (χ1) is 14.6. The molecule has 0 fully saturated rings. The average Bonchev–Trinajstić information content (AvgIpc) is 2.78. The lowest BCUT2D eigenvalue weighted by molar-refractivity contribution is -0.00282. The normalized spacial score (nSPS) is 17.6. The number of aliphatic hydroxyl groups is 1. The zero-order valence-electron chi connectivity index (χ0n) is 17.5. The Labute approximate surface area is 177 Å². The first-order valence-corrected chi connectivity index (χ1v) is 11.0. The molecule has 0 radical (unpaired) electrons. The van der Waals surface area contributed by atoms with E-state index in [-0.39, 0.29) is 5.91 Å². The van der Waals surface area contributed by atoms with Gasteiger partial charge >= 0.3 is 0 Å². The average molecular weight is 402 g/mol. The molecule has 4 nitrogen and oxygen atoms in total. The van der Waals surface area contributed by atoms with Crippen molar-refractivity contribution in [1.82, 2.24) is 4.90 Å². The van der Waals surface area contributed by atoms with Gasteiger partial charge in [0.1, 0.15) is 11.5 Å². The molecule has 0 saturated carbocycles. The maximum Gasteiger partial charge on any atom is 0.256 e. The molecule has 2 heterocycles. The van der Waals surface area contributed by atoms with Gasteiger partial charge in [-0.3, -0.25) is 4.79 Å². The van der Waals surface area contributed by atoms with Gasteiger partial charge in [-0.05, 0) is 36.1 Å². The van der Waals surface area contributed by atoms with Gasteiger partial charge in [0, 0.05) is 34.0 Å². The number of aliphatic hydroxyl groups excluding tert-OH is 1. The molecule has 154 valence electrons. The minimum atomic E-state index is -0.929. The molecule has 1 amide bonds. The molecule has 2 atom stereocenters. The SMILES string of the molecule is CCCCC(CC)CN1C(=O)c2ccc3c4c(ccc(c24)C1O)-c1ccccc1O3. The summed E-state index contributed by atoms with van der Waals surface area (Å²) in [7, 11) is 0. The lowest BCUT2D eigenvalue weighted by Crippen LogP contribution is -2.41. The van der Waals surface area contributed by atoms with Gasteiger partial charge < -0.3 is 14.7 Å². The van der Waals surface area contributed by atoms with Gasteiger partial charge in [0.2, 0.25) is 0 Å². The van der Waals surface area contributed by atoms with Crippen molar-refractivity contribution in [3.05, 3.63) is 59.7 Å². The second-order valence-electron chi connectivity index (χ2n) is 8.41. The maximum atomic E-state index is 13.4. The lowest BCUT2D eigenvalue weighted by atomic mass is 9.86. The van der Waals surface area contributed by atoms with Gasteiger partial charge in [-0.1, -0.05) is 63.4 Å². The second-order valence-corrected chi connectivity index (χ2v) is 8.41. The number of para-hydroxylation sites is 1. The number of hydrogen-bond acceptors (Lipinski definition) is 3. The number of unbranched alkanes of at least 4 members (excludes halogenated alkanes) is 1. The molecule has 0 saturated heterocycles. The van der Waals surface area contributed by atoms with Crippen molar-refractivity contribution in [1.29, 1.82) is 0 Å². The molecular weight excluding hydrogens is 374 g/mol. The minimum Gasteiger partial charge on any atom is -0.456 e. The Balaban J connectivity index is 1.62. The summed E-state index contributed by atoms with van der Waals surface area (Å²) in [5.41, 5.74) is 3.52. The van der Waals surface area contributed by atoms with E-state index in [0.29, 0.717) is 18.0 Å². The van der Waals surface area contributed by atoms with Crippen LogP contribution in [0.15, 0.2) is 48.5 Å². The molecule has 5 rings (SSSR count). The summed E-state index contributed by atoms with van der Waals surface area (Å²) in [6, 6.07) is 15.7. The Hall–Kier alpha value is -2.85. The standard InChI is InChI=1S/C26H27NO3/c1-3-5-8-16(4-2)15-27-25(28)19-12-11-18-17-9-6-7-10-21(17)30-22-14-13-20(26(27)29)23(19)24(18)22/h6-7,9-14,16,25,28H,3-5,8,15H2,1-2H3. The summed E-state index contributed by atoms with van der Waals surface area (Å²) in [5.74, 6) is 1.87. The van der Waals surface area contributed by atoms with Crippen LogP contribution in [0, 0.1) is 5.92 Å². The van der Waals surface area contributed by atoms with Crippen molar-refractivity contribution in [2.75, 3.05) is 6.54 Å². The number of ether oxygens (including phenoxy) is 1. The highest BCUT2D eigenvalue weighted by Gasteiger charge is 2.36. The maximum absolute atomic E-state index is 13.4. The van der Waals surface area contributed by atoms with E-state index in [9.17, 15) is 9.90 Å². The molecule has 0 spiro atoms. The van der Waals surface area contributed by atoms with Gasteiger partial charge in [0.25, 0.3) is 5.91 Å². The number of benzene rings is 3. The quantitative estimate of drug-likeness (QED) is 0.414. The van der Waals surface area contributed by atoms with Crippen molar-refractivity contribution in [2.45, 2.75) is 45.8 Å². The molecule has 2 aliphatic heterocycles. The van der Waals surface area contributed by atoms with Gasteiger partial charge in [-0.15, -0.1) is 0 Å². The Bertz CT molecular complexity index is 1140. The fourth-order valence-corrected chi connectivity index (χ4v) is 4.90. The zero-order valence-corrected chi connectivity index (χ0v) is 17.5. The molecule has 2 unspecified atom stereocenters. The predicted molar refractivity (Wildman–Crippen MR) is 119 cm³/mol. The van der Waals surface area contributed by atoms with Crippen LogP contribution in [0.1, 0.15) is 61.7 Å². The van der Waals surface area contributed by atoms with E-state index in [2.05, 4.69) is 19.9 Å². The highest BCUT2D eigenvalue weighted by Crippen LogP contribution is 2.50. The molecular formula is C26H27NO3. The van der Waals surface area contributed by atoms with Gasteiger partial charge in [-0.2, -0.15) is 0 Å². The number of carbonyl (C=O) groups is 1. The van der Waals surface area contributed by atoms with Crippen LogP contribution in [-0.2, 0) is 0 Å². The number of fused-ring (bicyclic) bond motifs is 2. The molecule has 3 aromatic rings. The third-order valence-electron chi connectivity index (χ3n) is 6.61. The van der Waals surface area contributed by atoms with Crippen molar-refractivity contribution in [3.63, 3.8) is 0 Å². The van der Waals surface area contributed by atoms with Crippen LogP contribution >= 0.6 is 0 Å². The zero-order chi connectivity index (χ0) is 20.8. The van der Waals surface area contributed by atoms with Crippen molar-refractivity contribution in [2.24, 2.45) is 5.92 Å². The predicted octanol–water partition coefficient (Wildman–Crippen LogP) is 6.28. The highest BCUT2D eigenvalue weighted by molar-refractivity contribution is 6.16. The van der Waals surface area contributed by atoms with E-state index < -0.39 is 6.23 Å². The van der Waals surface area contributed by atoms with E-state index >= 15 is 0 Å². The van der Waals surface area contributed by atoms with E-state index in [1.165, 1.54) is 0 Å². The Morgan fingerprint density at radius 3 is 2.57 bits per heavy atom. The molecule has 3 aromatic carbocycles. The van der Waals surface area contributed by atoms with Crippen LogP contribution in [0.3, 0.4) is 0 Å². The number of rotatable bonds is 6. The summed E-state index contributed by atoms with van der Waals surface area (Å²) in [6.07, 6.45) is 3.44. The van der Waals surface area contributed by atoms with Crippen molar-refractivity contribution >= 4 is 16.7 Å². The third-order valence-corrected chi connectivity index (χ3v) is 6.61. The summed E-state index contributed by atoms with van der Waals surface area (Å²) in [5, 5.41) is 13.0. The summed E-state index contributed by atoms with van der Waals surface area (Å²) in [4.78, 5) is 15.1. The highest BCUT2D eigenvalue weighted by atomic mass is 16.5.